The van der Waals surface area contributed by atoms with Crippen molar-refractivity contribution >= 4 is 20.9 Å². The van der Waals surface area contributed by atoms with Crippen LogP contribution in [0.2, 0.25) is 0 Å². The third-order valence-corrected chi connectivity index (χ3v) is 7.08. The largest absolute Gasteiger partial charge is 0.325 e. The smallest absolute Gasteiger partial charge is 0.268 e. The second-order valence-corrected chi connectivity index (χ2v) is 9.50. The third-order valence-electron chi connectivity index (χ3n) is 5.31. The van der Waals surface area contributed by atoms with Crippen LogP contribution >= 0.6 is 0 Å². The lowest BCUT2D eigenvalue weighted by Crippen LogP contribution is -2.37. The molecular formula is C21H24N2O2S. The van der Waals surface area contributed by atoms with Gasteiger partial charge >= 0.3 is 0 Å². The normalized spacial score (nSPS) is 20.7. The van der Waals surface area contributed by atoms with Crippen LogP contribution < -0.4 is 5.73 Å². The summed E-state index contributed by atoms with van der Waals surface area (Å²) in [5.41, 5.74) is 10.0. The fourth-order valence-corrected chi connectivity index (χ4v) is 5.69. The zero-order chi connectivity index (χ0) is 18.5. The van der Waals surface area contributed by atoms with Gasteiger partial charge in [-0.05, 0) is 69.4 Å². The summed E-state index contributed by atoms with van der Waals surface area (Å²) in [5, 5.41) is 1.01. The van der Waals surface area contributed by atoms with Crippen molar-refractivity contribution in [1.29, 1.82) is 0 Å². The number of nitrogens with zero attached hydrogens (tertiary/aromatic N) is 1. The van der Waals surface area contributed by atoms with Gasteiger partial charge in [-0.3, -0.25) is 0 Å². The molecule has 1 aromatic heterocycles. The summed E-state index contributed by atoms with van der Waals surface area (Å²) in [6.07, 6.45) is 3.20. The maximum atomic E-state index is 13.5. The van der Waals surface area contributed by atoms with Crippen LogP contribution in [0.4, 0.5) is 0 Å². The zero-order valence-electron chi connectivity index (χ0n) is 15.2. The monoisotopic (exact) mass is 368 g/mol. The van der Waals surface area contributed by atoms with E-state index in [-0.39, 0.29) is 5.54 Å². The molecule has 0 bridgehead atoms. The van der Waals surface area contributed by atoms with Crippen molar-refractivity contribution in [2.45, 2.75) is 50.0 Å². The molecule has 4 nitrogen and oxygen atoms in total. The molecule has 0 spiro atoms. The van der Waals surface area contributed by atoms with E-state index < -0.39 is 10.0 Å². The first-order valence-corrected chi connectivity index (χ1v) is 10.5. The fourth-order valence-electron chi connectivity index (χ4n) is 4.07. The summed E-state index contributed by atoms with van der Waals surface area (Å²) in [4.78, 5) is 0.319. The Morgan fingerprint density at radius 3 is 2.58 bits per heavy atom. The lowest BCUT2D eigenvalue weighted by molar-refractivity contribution is 0.429. The predicted octanol–water partition coefficient (Wildman–Crippen LogP) is 3.78. The average molecular weight is 369 g/mol. The maximum absolute atomic E-state index is 13.5. The van der Waals surface area contributed by atoms with E-state index in [9.17, 15) is 8.42 Å². The van der Waals surface area contributed by atoms with Crippen molar-refractivity contribution in [3.8, 4) is 0 Å². The molecule has 2 aromatic carbocycles. The Bertz CT molecular complexity index is 1080. The molecule has 26 heavy (non-hydrogen) atoms. The van der Waals surface area contributed by atoms with Gasteiger partial charge in [0, 0.05) is 16.6 Å². The molecule has 136 valence electrons. The van der Waals surface area contributed by atoms with Crippen molar-refractivity contribution in [3.63, 3.8) is 0 Å². The number of hydrogen-bond donors (Lipinski definition) is 1. The van der Waals surface area contributed by atoms with Gasteiger partial charge in [0.1, 0.15) is 0 Å². The molecule has 1 aliphatic rings. The maximum Gasteiger partial charge on any atom is 0.268 e. The number of fused-ring (bicyclic) bond motifs is 3. The van der Waals surface area contributed by atoms with Gasteiger partial charge in [0.25, 0.3) is 10.0 Å². The Morgan fingerprint density at radius 2 is 1.85 bits per heavy atom. The highest BCUT2D eigenvalue weighted by Crippen LogP contribution is 2.36. The minimum absolute atomic E-state index is 0.315. The Kier molecular flexibility index (Phi) is 3.97. The number of aryl methyl sites for hydroxylation is 1. The van der Waals surface area contributed by atoms with Crippen molar-refractivity contribution in [3.05, 3.63) is 65.4 Å². The Hall–Kier alpha value is -2.11. The van der Waals surface area contributed by atoms with Gasteiger partial charge in [0.2, 0.25) is 0 Å². The molecule has 1 heterocycles. The van der Waals surface area contributed by atoms with Crippen LogP contribution in [0.1, 0.15) is 36.6 Å². The molecule has 0 saturated heterocycles. The quantitative estimate of drug-likeness (QED) is 0.700. The summed E-state index contributed by atoms with van der Waals surface area (Å²) in [5.74, 6) is 0. The molecule has 2 N–H and O–H groups in total. The summed E-state index contributed by atoms with van der Waals surface area (Å²) in [6, 6.07) is 14.7. The van der Waals surface area contributed by atoms with Crippen molar-refractivity contribution in [2.75, 3.05) is 0 Å². The first kappa shape index (κ1) is 17.3. The van der Waals surface area contributed by atoms with Crippen LogP contribution in [0.25, 0.3) is 10.9 Å². The second-order valence-electron chi connectivity index (χ2n) is 7.71. The van der Waals surface area contributed by atoms with Crippen molar-refractivity contribution in [1.82, 2.24) is 3.97 Å². The van der Waals surface area contributed by atoms with E-state index in [1.54, 1.807) is 28.2 Å². The van der Waals surface area contributed by atoms with Crippen LogP contribution in [0.5, 0.6) is 0 Å². The molecule has 0 radical (unpaired) electrons. The molecule has 0 saturated carbocycles. The van der Waals surface area contributed by atoms with E-state index in [2.05, 4.69) is 13.0 Å². The second kappa shape index (κ2) is 5.96. The minimum Gasteiger partial charge on any atom is -0.325 e. The molecular weight excluding hydrogens is 344 g/mol. The van der Waals surface area contributed by atoms with E-state index in [1.807, 2.05) is 25.1 Å². The molecule has 0 fully saturated rings. The molecule has 0 aliphatic heterocycles. The minimum atomic E-state index is -3.65. The van der Waals surface area contributed by atoms with Crippen LogP contribution in [0, 0.1) is 6.92 Å². The van der Waals surface area contributed by atoms with Crippen molar-refractivity contribution in [2.24, 2.45) is 5.73 Å². The summed E-state index contributed by atoms with van der Waals surface area (Å²) in [6.45, 7) is 4.10. The molecule has 1 aliphatic carbocycles. The number of benzene rings is 2. The molecule has 0 amide bonds. The molecule has 4 rings (SSSR count). The fraction of sp³-hybridized carbons (Fsp3) is 0.333. The lowest BCUT2D eigenvalue weighted by atomic mass is 9.91. The van der Waals surface area contributed by atoms with Crippen molar-refractivity contribution < 1.29 is 8.42 Å². The van der Waals surface area contributed by atoms with Gasteiger partial charge in [-0.25, -0.2) is 12.4 Å². The summed E-state index contributed by atoms with van der Waals surface area (Å²) < 4.78 is 28.5. The molecule has 1 atom stereocenters. The Labute approximate surface area is 154 Å². The predicted molar refractivity (Wildman–Crippen MR) is 105 cm³/mol. The first-order chi connectivity index (χ1) is 12.3. The highest BCUT2D eigenvalue weighted by molar-refractivity contribution is 7.90. The first-order valence-electron chi connectivity index (χ1n) is 9.02. The number of nitrogens with two attached hydrogens (primary N) is 1. The third kappa shape index (κ3) is 2.75. The zero-order valence-corrected chi connectivity index (χ0v) is 16.0. The van der Waals surface area contributed by atoms with Gasteiger partial charge in [0.05, 0.1) is 10.4 Å². The van der Waals surface area contributed by atoms with Gasteiger partial charge in [0.15, 0.2) is 0 Å². The van der Waals surface area contributed by atoms with Gasteiger partial charge in [-0.2, -0.15) is 0 Å². The Balaban J connectivity index is 2.06. The van der Waals surface area contributed by atoms with Crippen LogP contribution in [-0.2, 0) is 22.9 Å². The standard InChI is InChI=1S/C21H24N2O2S/c1-15-10-11-20-17(13-15)18-14-21(2,22)12-6-9-19(18)23(20)26(24,25)16-7-4-3-5-8-16/h3-5,7-8,10-11,13H,6,9,12,14,22H2,1-2H3. The highest BCUT2D eigenvalue weighted by Gasteiger charge is 2.32. The lowest BCUT2D eigenvalue weighted by Gasteiger charge is -2.22. The number of aromatic nitrogens is 1. The highest BCUT2D eigenvalue weighted by atomic mass is 32.2. The van der Waals surface area contributed by atoms with Gasteiger partial charge in [-0.1, -0.05) is 29.8 Å². The summed E-state index contributed by atoms with van der Waals surface area (Å²) in [7, 11) is -3.65. The SMILES string of the molecule is Cc1ccc2c(c1)c1c(n2S(=O)(=O)c2ccccc2)CCCC(C)(N)C1. The van der Waals surface area contributed by atoms with E-state index in [4.69, 9.17) is 5.73 Å². The number of hydrogen-bond acceptors (Lipinski definition) is 3. The van der Waals surface area contributed by atoms with E-state index in [1.165, 1.54) is 0 Å². The van der Waals surface area contributed by atoms with E-state index >= 15 is 0 Å². The molecule has 5 heteroatoms. The van der Waals surface area contributed by atoms with Gasteiger partial charge < -0.3 is 5.73 Å². The van der Waals surface area contributed by atoms with E-state index in [0.29, 0.717) is 11.3 Å². The molecule has 3 aromatic rings. The average Bonchev–Trinajstić information content (AvgIpc) is 2.78. The summed E-state index contributed by atoms with van der Waals surface area (Å²) >= 11 is 0. The topological polar surface area (TPSA) is 65.1 Å². The Morgan fingerprint density at radius 1 is 1.12 bits per heavy atom. The molecule has 1 unspecified atom stereocenters. The number of rotatable bonds is 2. The van der Waals surface area contributed by atoms with Gasteiger partial charge in [-0.15, -0.1) is 0 Å². The van der Waals surface area contributed by atoms with Crippen LogP contribution in [0.3, 0.4) is 0 Å². The van der Waals surface area contributed by atoms with Crippen LogP contribution in [0.15, 0.2) is 53.4 Å². The van der Waals surface area contributed by atoms with E-state index in [0.717, 1.165) is 47.0 Å². The van der Waals surface area contributed by atoms with Crippen LogP contribution in [-0.4, -0.2) is 17.9 Å².